The van der Waals surface area contributed by atoms with E-state index in [1.54, 1.807) is 0 Å². The monoisotopic (exact) mass is 225 g/mol. The van der Waals surface area contributed by atoms with Gasteiger partial charge in [0.2, 0.25) is 5.91 Å². The van der Waals surface area contributed by atoms with E-state index >= 15 is 0 Å². The number of thioether (sulfide) groups is 1. The van der Waals surface area contributed by atoms with E-state index in [0.717, 1.165) is 0 Å². The van der Waals surface area contributed by atoms with Crippen LogP contribution < -0.4 is 0 Å². The molecular weight excluding hydrogens is 218 g/mol. The molecule has 0 bridgehead atoms. The Labute approximate surface area is 85.1 Å². The minimum atomic E-state index is -0.688. The molecule has 1 saturated heterocycles. The lowest BCUT2D eigenvalue weighted by atomic mass is 10.4. The molecule has 12 heavy (non-hydrogen) atoms. The van der Waals surface area contributed by atoms with E-state index < -0.39 is 6.10 Å². The fraction of sp³-hybridized carbons (Fsp3) is 0.667. The second kappa shape index (κ2) is 4.41. The first kappa shape index (κ1) is 10.2. The molecule has 0 aromatic rings. The molecule has 1 rings (SSSR count). The van der Waals surface area contributed by atoms with Gasteiger partial charge in [-0.25, -0.2) is 0 Å². The Morgan fingerprint density at radius 2 is 2.50 bits per heavy atom. The molecule has 0 aromatic carbocycles. The molecule has 3 nitrogen and oxygen atoms in total. The van der Waals surface area contributed by atoms with Gasteiger partial charge >= 0.3 is 0 Å². The van der Waals surface area contributed by atoms with Gasteiger partial charge in [0.05, 0.1) is 24.3 Å². The molecule has 68 valence electrons. The van der Waals surface area contributed by atoms with Gasteiger partial charge in [-0.15, -0.1) is 11.6 Å². The molecule has 1 fully saturated rings. The van der Waals surface area contributed by atoms with E-state index in [0.29, 0.717) is 10.1 Å². The van der Waals surface area contributed by atoms with Crippen molar-refractivity contribution in [2.45, 2.75) is 6.10 Å². The van der Waals surface area contributed by atoms with Crippen molar-refractivity contribution < 1.29 is 9.90 Å². The van der Waals surface area contributed by atoms with E-state index in [1.165, 1.54) is 16.7 Å². The van der Waals surface area contributed by atoms with Crippen LogP contribution >= 0.6 is 35.6 Å². The smallest absolute Gasteiger partial charge is 0.238 e. The molecule has 0 aromatic heterocycles. The van der Waals surface area contributed by atoms with Gasteiger partial charge in [0.15, 0.2) is 0 Å². The zero-order chi connectivity index (χ0) is 9.14. The molecule has 1 N–H and O–H groups in total. The van der Waals surface area contributed by atoms with Crippen molar-refractivity contribution in [3.05, 3.63) is 0 Å². The summed E-state index contributed by atoms with van der Waals surface area (Å²) in [7, 11) is 0. The fourth-order valence-corrected chi connectivity index (χ4v) is 2.00. The van der Waals surface area contributed by atoms with Crippen molar-refractivity contribution in [2.75, 3.05) is 18.2 Å². The average molecular weight is 226 g/mol. The number of rotatable bonds is 3. The summed E-state index contributed by atoms with van der Waals surface area (Å²) in [6, 6.07) is 0. The minimum Gasteiger partial charge on any atom is -0.390 e. The summed E-state index contributed by atoms with van der Waals surface area (Å²) >= 11 is 11.6. The third-order valence-electron chi connectivity index (χ3n) is 1.41. The fourth-order valence-electron chi connectivity index (χ4n) is 0.817. The van der Waals surface area contributed by atoms with Gasteiger partial charge in [0, 0.05) is 0 Å². The molecule has 6 heteroatoms. The number of carbonyl (C=O) groups is 1. The van der Waals surface area contributed by atoms with Gasteiger partial charge in [-0.1, -0.05) is 24.0 Å². The number of amides is 1. The highest BCUT2D eigenvalue weighted by atomic mass is 35.5. The van der Waals surface area contributed by atoms with Gasteiger partial charge in [-0.2, -0.15) is 0 Å². The summed E-state index contributed by atoms with van der Waals surface area (Å²) in [6.07, 6.45) is -0.688. The highest BCUT2D eigenvalue weighted by Gasteiger charge is 2.27. The third kappa shape index (κ3) is 2.32. The first-order chi connectivity index (χ1) is 5.65. The van der Waals surface area contributed by atoms with Crippen LogP contribution in [0.15, 0.2) is 0 Å². The molecule has 1 atom stereocenters. The van der Waals surface area contributed by atoms with Crippen LogP contribution in [-0.2, 0) is 4.79 Å². The molecule has 1 amide bonds. The maximum atomic E-state index is 11.1. The summed E-state index contributed by atoms with van der Waals surface area (Å²) in [5.41, 5.74) is 0. The van der Waals surface area contributed by atoms with Crippen LogP contribution in [0.5, 0.6) is 0 Å². The number of hydrogen-bond acceptors (Lipinski definition) is 4. The van der Waals surface area contributed by atoms with Crippen LogP contribution in [0.4, 0.5) is 0 Å². The number of halogens is 1. The normalized spacial score (nSPS) is 20.3. The maximum Gasteiger partial charge on any atom is 0.238 e. The Morgan fingerprint density at radius 1 is 1.83 bits per heavy atom. The van der Waals surface area contributed by atoms with E-state index in [-0.39, 0.29) is 18.3 Å². The predicted molar refractivity (Wildman–Crippen MR) is 53.5 cm³/mol. The summed E-state index contributed by atoms with van der Waals surface area (Å²) in [5.74, 6) is 0.458. The molecule has 0 spiro atoms. The van der Waals surface area contributed by atoms with Gasteiger partial charge in [0.25, 0.3) is 0 Å². The Kier molecular flexibility index (Phi) is 3.77. The summed E-state index contributed by atoms with van der Waals surface area (Å²) in [4.78, 5) is 12.5. The van der Waals surface area contributed by atoms with Crippen molar-refractivity contribution in [1.29, 1.82) is 0 Å². The topological polar surface area (TPSA) is 40.5 Å². The molecule has 0 saturated carbocycles. The van der Waals surface area contributed by atoms with E-state index in [2.05, 4.69) is 0 Å². The van der Waals surface area contributed by atoms with Gasteiger partial charge in [-0.05, 0) is 0 Å². The molecule has 0 radical (unpaired) electrons. The van der Waals surface area contributed by atoms with Gasteiger partial charge in [-0.3, -0.25) is 9.69 Å². The zero-order valence-electron chi connectivity index (χ0n) is 6.20. The molecule has 1 aliphatic rings. The molecule has 1 heterocycles. The van der Waals surface area contributed by atoms with Crippen molar-refractivity contribution in [3.63, 3.8) is 0 Å². The number of thiocarbonyl (C=S) groups is 1. The average Bonchev–Trinajstić information content (AvgIpc) is 2.35. The second-order valence-corrected chi connectivity index (χ2v) is 4.28. The van der Waals surface area contributed by atoms with E-state index in [1.807, 2.05) is 0 Å². The van der Waals surface area contributed by atoms with Crippen LogP contribution in [0.2, 0.25) is 0 Å². The number of carbonyl (C=O) groups excluding carboxylic acids is 1. The van der Waals surface area contributed by atoms with Crippen LogP contribution in [0, 0.1) is 0 Å². The summed E-state index contributed by atoms with van der Waals surface area (Å²) in [6.45, 7) is 0.216. The molecule has 1 aliphatic heterocycles. The van der Waals surface area contributed by atoms with Crippen LogP contribution in [0.25, 0.3) is 0 Å². The first-order valence-electron chi connectivity index (χ1n) is 3.36. The molecular formula is C6H8ClNO2S2. The number of nitrogens with zero attached hydrogens (tertiary/aromatic N) is 1. The Bertz CT molecular complexity index is 196. The molecule has 0 aliphatic carbocycles. The summed E-state index contributed by atoms with van der Waals surface area (Å²) in [5, 5.41) is 9.16. The highest BCUT2D eigenvalue weighted by molar-refractivity contribution is 8.23. The maximum absolute atomic E-state index is 11.1. The van der Waals surface area contributed by atoms with Crippen LogP contribution in [0.3, 0.4) is 0 Å². The lowest BCUT2D eigenvalue weighted by Crippen LogP contribution is -2.36. The predicted octanol–water partition coefficient (Wildman–Crippen LogP) is 0.446. The van der Waals surface area contributed by atoms with Crippen LogP contribution in [-0.4, -0.2) is 44.5 Å². The SMILES string of the molecule is O=C1CSC(=S)N1C[C@@H](O)CCl. The van der Waals surface area contributed by atoms with Crippen molar-refractivity contribution >= 4 is 45.8 Å². The number of alkyl halides is 1. The van der Waals surface area contributed by atoms with Crippen molar-refractivity contribution in [2.24, 2.45) is 0 Å². The van der Waals surface area contributed by atoms with Gasteiger partial charge in [0.1, 0.15) is 4.32 Å². The number of hydrogen-bond donors (Lipinski definition) is 1. The summed E-state index contributed by atoms with van der Waals surface area (Å²) < 4.78 is 0.532. The highest BCUT2D eigenvalue weighted by Crippen LogP contribution is 2.19. The zero-order valence-corrected chi connectivity index (χ0v) is 8.58. The Morgan fingerprint density at radius 3 is 2.92 bits per heavy atom. The number of aliphatic hydroxyl groups is 1. The van der Waals surface area contributed by atoms with Crippen LogP contribution in [0.1, 0.15) is 0 Å². The Hall–Kier alpha value is 0.160. The van der Waals surface area contributed by atoms with Gasteiger partial charge < -0.3 is 5.11 Å². The van der Waals surface area contributed by atoms with E-state index in [9.17, 15) is 4.79 Å². The lowest BCUT2D eigenvalue weighted by Gasteiger charge is -2.17. The largest absolute Gasteiger partial charge is 0.390 e. The third-order valence-corrected chi connectivity index (χ3v) is 3.20. The molecule has 0 unspecified atom stereocenters. The quantitative estimate of drug-likeness (QED) is 0.559. The minimum absolute atomic E-state index is 0.0471. The standard InChI is InChI=1S/C6H8ClNO2S2/c7-1-4(9)2-8-5(10)3-12-6(8)11/h4,9H,1-3H2/t4-/m0/s1. The van der Waals surface area contributed by atoms with Crippen molar-refractivity contribution in [3.8, 4) is 0 Å². The van der Waals surface area contributed by atoms with Crippen molar-refractivity contribution in [1.82, 2.24) is 4.90 Å². The second-order valence-electron chi connectivity index (χ2n) is 2.37. The lowest BCUT2D eigenvalue weighted by molar-refractivity contribution is -0.124. The Balaban J connectivity index is 2.50. The number of aliphatic hydroxyl groups excluding tert-OH is 1. The van der Waals surface area contributed by atoms with E-state index in [4.69, 9.17) is 28.9 Å². The number of β-amino-alcohol motifs (C(OH)–C–C–N with tert-alkyl or cyclic N) is 1. The first-order valence-corrected chi connectivity index (χ1v) is 5.29.